The van der Waals surface area contributed by atoms with Crippen molar-refractivity contribution in [3.8, 4) is 12.3 Å². The molecule has 1 unspecified atom stereocenters. The lowest BCUT2D eigenvalue weighted by Crippen LogP contribution is -2.30. The molecule has 0 spiro atoms. The summed E-state index contributed by atoms with van der Waals surface area (Å²) in [4.78, 5) is 11.6. The molecule has 15 heavy (non-hydrogen) atoms. The number of terminal acetylenes is 1. The van der Waals surface area contributed by atoms with Gasteiger partial charge in [-0.1, -0.05) is 11.6 Å². The molecule has 78 valence electrons. The molecular formula is C11H9ClFNO. The first-order chi connectivity index (χ1) is 7.06. The van der Waals surface area contributed by atoms with Gasteiger partial charge in [-0.2, -0.15) is 0 Å². The summed E-state index contributed by atoms with van der Waals surface area (Å²) in [6.07, 6.45) is 5.09. The predicted octanol–water partition coefficient (Wildman–Crippen LogP) is 2.01. The van der Waals surface area contributed by atoms with E-state index in [1.165, 1.54) is 12.1 Å². The lowest BCUT2D eigenvalue weighted by atomic mass is 10.0. The number of carbonyl (C=O) groups is 1. The summed E-state index contributed by atoms with van der Waals surface area (Å²) in [6.45, 7) is 0. The van der Waals surface area contributed by atoms with Crippen LogP contribution in [-0.4, -0.2) is 11.8 Å². The van der Waals surface area contributed by atoms with Gasteiger partial charge >= 0.3 is 0 Å². The van der Waals surface area contributed by atoms with E-state index in [1.54, 1.807) is 0 Å². The largest absolute Gasteiger partial charge is 0.320 e. The topological polar surface area (TPSA) is 43.1 Å². The van der Waals surface area contributed by atoms with E-state index in [4.69, 9.17) is 23.8 Å². The van der Waals surface area contributed by atoms with E-state index < -0.39 is 17.6 Å². The van der Waals surface area contributed by atoms with Gasteiger partial charge < -0.3 is 5.73 Å². The van der Waals surface area contributed by atoms with Crippen LogP contribution in [0.2, 0.25) is 5.02 Å². The Morgan fingerprint density at radius 2 is 2.33 bits per heavy atom. The van der Waals surface area contributed by atoms with Gasteiger partial charge in [0.1, 0.15) is 5.82 Å². The quantitative estimate of drug-likeness (QED) is 0.632. The summed E-state index contributed by atoms with van der Waals surface area (Å²) in [5.74, 6) is 1.06. The first kappa shape index (κ1) is 11.7. The molecule has 0 amide bonds. The SMILES string of the molecule is C#CCC(N)C(=O)c1ccc(Cl)cc1F. The van der Waals surface area contributed by atoms with Crippen LogP contribution < -0.4 is 5.73 Å². The molecule has 0 aliphatic carbocycles. The number of nitrogens with two attached hydrogens (primary N) is 1. The predicted molar refractivity (Wildman–Crippen MR) is 57.2 cm³/mol. The molecule has 2 N–H and O–H groups in total. The number of hydrogen-bond donors (Lipinski definition) is 1. The zero-order chi connectivity index (χ0) is 11.4. The summed E-state index contributed by atoms with van der Waals surface area (Å²) in [6, 6.07) is 2.93. The van der Waals surface area contributed by atoms with Crippen molar-refractivity contribution in [2.75, 3.05) is 0 Å². The lowest BCUT2D eigenvalue weighted by molar-refractivity contribution is 0.0959. The molecule has 2 nitrogen and oxygen atoms in total. The molecule has 0 aromatic heterocycles. The Morgan fingerprint density at radius 3 is 2.87 bits per heavy atom. The van der Waals surface area contributed by atoms with Crippen LogP contribution in [0, 0.1) is 18.2 Å². The average Bonchev–Trinajstić information content (AvgIpc) is 2.17. The number of halogens is 2. The molecule has 1 aromatic carbocycles. The monoisotopic (exact) mass is 225 g/mol. The summed E-state index contributed by atoms with van der Waals surface area (Å²) < 4.78 is 13.3. The van der Waals surface area contributed by atoms with Crippen LogP contribution in [0.5, 0.6) is 0 Å². The molecule has 1 rings (SSSR count). The molecule has 0 aliphatic heterocycles. The van der Waals surface area contributed by atoms with E-state index in [0.29, 0.717) is 0 Å². The minimum Gasteiger partial charge on any atom is -0.320 e. The molecule has 1 atom stereocenters. The summed E-state index contributed by atoms with van der Waals surface area (Å²) in [7, 11) is 0. The Hall–Kier alpha value is -1.37. The smallest absolute Gasteiger partial charge is 0.183 e. The highest BCUT2D eigenvalue weighted by molar-refractivity contribution is 6.30. The van der Waals surface area contributed by atoms with Gasteiger partial charge in [0.15, 0.2) is 5.78 Å². The fraction of sp³-hybridized carbons (Fsp3) is 0.182. The van der Waals surface area contributed by atoms with Gasteiger partial charge in [0.25, 0.3) is 0 Å². The molecular weight excluding hydrogens is 217 g/mol. The second-order valence-electron chi connectivity index (χ2n) is 3.00. The van der Waals surface area contributed by atoms with Crippen LogP contribution >= 0.6 is 11.6 Å². The second kappa shape index (κ2) is 4.92. The highest BCUT2D eigenvalue weighted by atomic mass is 35.5. The van der Waals surface area contributed by atoms with Gasteiger partial charge in [-0.25, -0.2) is 4.39 Å². The summed E-state index contributed by atoms with van der Waals surface area (Å²) in [5, 5.41) is 0.231. The van der Waals surface area contributed by atoms with E-state index in [-0.39, 0.29) is 17.0 Å². The number of ketones is 1. The number of rotatable bonds is 3. The lowest BCUT2D eigenvalue weighted by Gasteiger charge is -2.07. The third kappa shape index (κ3) is 2.79. The molecule has 4 heteroatoms. The highest BCUT2D eigenvalue weighted by Gasteiger charge is 2.18. The van der Waals surface area contributed by atoms with Gasteiger partial charge in [-0.3, -0.25) is 4.79 Å². The van der Waals surface area contributed by atoms with Crippen molar-refractivity contribution in [1.29, 1.82) is 0 Å². The normalized spacial score (nSPS) is 11.9. The van der Waals surface area contributed by atoms with E-state index in [2.05, 4.69) is 5.92 Å². The van der Waals surface area contributed by atoms with Crippen molar-refractivity contribution in [1.82, 2.24) is 0 Å². The molecule has 1 aromatic rings. The maximum Gasteiger partial charge on any atom is 0.183 e. The van der Waals surface area contributed by atoms with Crippen molar-refractivity contribution in [3.63, 3.8) is 0 Å². The Balaban J connectivity index is 2.97. The Kier molecular flexibility index (Phi) is 3.84. The van der Waals surface area contributed by atoms with E-state index in [9.17, 15) is 9.18 Å². The molecule has 0 heterocycles. The Bertz CT molecular complexity index is 425. The fourth-order valence-corrected chi connectivity index (χ4v) is 1.27. The van der Waals surface area contributed by atoms with Crippen molar-refractivity contribution in [2.24, 2.45) is 5.73 Å². The summed E-state index contributed by atoms with van der Waals surface area (Å²) in [5.41, 5.74) is 5.39. The van der Waals surface area contributed by atoms with Gasteiger partial charge in [0, 0.05) is 11.4 Å². The Morgan fingerprint density at radius 1 is 1.67 bits per heavy atom. The summed E-state index contributed by atoms with van der Waals surface area (Å²) >= 11 is 5.55. The standard InChI is InChI=1S/C11H9ClFNO/c1-2-3-10(14)11(15)8-5-4-7(12)6-9(8)13/h1,4-6,10H,3,14H2. The van der Waals surface area contributed by atoms with Crippen LogP contribution in [0.1, 0.15) is 16.8 Å². The average molecular weight is 226 g/mol. The zero-order valence-corrected chi connectivity index (χ0v) is 8.59. The number of hydrogen-bond acceptors (Lipinski definition) is 2. The highest BCUT2D eigenvalue weighted by Crippen LogP contribution is 2.16. The minimum atomic E-state index is -0.870. The van der Waals surface area contributed by atoms with E-state index in [0.717, 1.165) is 6.07 Å². The first-order valence-electron chi connectivity index (χ1n) is 4.24. The Labute approximate surface area is 92.2 Å². The van der Waals surface area contributed by atoms with Gasteiger partial charge in [0.2, 0.25) is 0 Å². The van der Waals surface area contributed by atoms with Gasteiger partial charge in [0.05, 0.1) is 11.6 Å². The van der Waals surface area contributed by atoms with Crippen LogP contribution in [0.25, 0.3) is 0 Å². The van der Waals surface area contributed by atoms with Crippen molar-refractivity contribution in [2.45, 2.75) is 12.5 Å². The first-order valence-corrected chi connectivity index (χ1v) is 4.62. The number of Topliss-reactive ketones (excluding diaryl/α,β-unsaturated/α-hetero) is 1. The van der Waals surface area contributed by atoms with Crippen molar-refractivity contribution < 1.29 is 9.18 Å². The molecule has 0 radical (unpaired) electrons. The molecule has 0 aliphatic rings. The second-order valence-corrected chi connectivity index (χ2v) is 3.44. The fourth-order valence-electron chi connectivity index (χ4n) is 1.11. The van der Waals surface area contributed by atoms with Crippen molar-refractivity contribution >= 4 is 17.4 Å². The number of benzene rings is 1. The number of carbonyl (C=O) groups excluding carboxylic acids is 1. The maximum absolute atomic E-state index is 13.3. The van der Waals surface area contributed by atoms with Crippen LogP contribution in [0.15, 0.2) is 18.2 Å². The van der Waals surface area contributed by atoms with E-state index >= 15 is 0 Å². The van der Waals surface area contributed by atoms with Crippen LogP contribution in [0.3, 0.4) is 0 Å². The van der Waals surface area contributed by atoms with Gasteiger partial charge in [-0.15, -0.1) is 12.3 Å². The minimum absolute atomic E-state index is 0.0813. The zero-order valence-electron chi connectivity index (χ0n) is 7.84. The molecule has 0 saturated carbocycles. The van der Waals surface area contributed by atoms with Crippen molar-refractivity contribution in [3.05, 3.63) is 34.6 Å². The third-order valence-corrected chi connectivity index (χ3v) is 2.11. The van der Waals surface area contributed by atoms with Crippen LogP contribution in [0.4, 0.5) is 4.39 Å². The molecule has 0 fully saturated rings. The van der Waals surface area contributed by atoms with E-state index in [1.807, 2.05) is 0 Å². The molecule has 0 saturated heterocycles. The third-order valence-electron chi connectivity index (χ3n) is 1.87. The maximum atomic E-state index is 13.3. The van der Waals surface area contributed by atoms with Crippen LogP contribution in [-0.2, 0) is 0 Å². The van der Waals surface area contributed by atoms with Gasteiger partial charge in [-0.05, 0) is 18.2 Å². The molecule has 0 bridgehead atoms.